The first-order chi connectivity index (χ1) is 4.77. The lowest BCUT2D eigenvalue weighted by Gasteiger charge is -2.28. The average Bonchev–Trinajstić information content (AvgIpc) is 2.20. The van der Waals surface area contributed by atoms with Crippen LogP contribution in [0.25, 0.3) is 0 Å². The first-order valence-electron chi connectivity index (χ1n) is 4.04. The first kappa shape index (κ1) is 6.35. The number of nitrogens with one attached hydrogen (secondary N) is 1. The lowest BCUT2D eigenvalue weighted by molar-refractivity contribution is 0.287. The van der Waals surface area contributed by atoms with Crippen LogP contribution < -0.4 is 0 Å². The molecule has 1 aliphatic carbocycles. The summed E-state index contributed by atoms with van der Waals surface area (Å²) in [6.07, 6.45) is 2.54. The molecule has 1 N–H and O–H groups in total. The van der Waals surface area contributed by atoms with E-state index in [4.69, 9.17) is 5.41 Å². The Hall–Kier alpha value is -0.370. The van der Waals surface area contributed by atoms with E-state index in [1.807, 2.05) is 0 Å². The van der Waals surface area contributed by atoms with E-state index in [1.54, 1.807) is 0 Å². The molecular weight excluding hydrogens is 124 g/mol. The van der Waals surface area contributed by atoms with Crippen molar-refractivity contribution in [3.8, 4) is 0 Å². The molecule has 2 atom stereocenters. The van der Waals surface area contributed by atoms with Crippen LogP contribution in [0.3, 0.4) is 0 Å². The van der Waals surface area contributed by atoms with Crippen molar-refractivity contribution in [2.45, 2.75) is 12.8 Å². The van der Waals surface area contributed by atoms with Crippen molar-refractivity contribution >= 4 is 5.71 Å². The molecule has 2 bridgehead atoms. The van der Waals surface area contributed by atoms with E-state index in [0.717, 1.165) is 18.8 Å². The quantitative estimate of drug-likeness (QED) is 0.530. The summed E-state index contributed by atoms with van der Waals surface area (Å²) in [6, 6.07) is 0. The molecule has 2 fully saturated rings. The summed E-state index contributed by atoms with van der Waals surface area (Å²) >= 11 is 0. The van der Waals surface area contributed by atoms with Gasteiger partial charge in [-0.25, -0.2) is 0 Å². The van der Waals surface area contributed by atoms with Crippen LogP contribution in [0.2, 0.25) is 0 Å². The molecule has 1 aliphatic heterocycles. The molecule has 0 amide bonds. The average molecular weight is 138 g/mol. The number of rotatable bonds is 0. The van der Waals surface area contributed by atoms with Crippen LogP contribution in [-0.2, 0) is 0 Å². The highest BCUT2D eigenvalue weighted by molar-refractivity contribution is 5.89. The van der Waals surface area contributed by atoms with Crippen LogP contribution in [0.5, 0.6) is 0 Å². The molecule has 0 aromatic heterocycles. The molecule has 1 saturated heterocycles. The van der Waals surface area contributed by atoms with Gasteiger partial charge in [-0.3, -0.25) is 0 Å². The zero-order valence-electron chi connectivity index (χ0n) is 6.43. The maximum absolute atomic E-state index is 7.73. The molecule has 56 valence electrons. The highest BCUT2D eigenvalue weighted by Gasteiger charge is 2.36. The van der Waals surface area contributed by atoms with Crippen molar-refractivity contribution in [3.05, 3.63) is 0 Å². The van der Waals surface area contributed by atoms with Gasteiger partial charge in [0, 0.05) is 30.6 Å². The summed E-state index contributed by atoms with van der Waals surface area (Å²) in [6.45, 7) is 2.27. The zero-order chi connectivity index (χ0) is 7.14. The topological polar surface area (TPSA) is 27.1 Å². The number of hydrogen-bond acceptors (Lipinski definition) is 2. The number of hydrogen-bond donors (Lipinski definition) is 1. The van der Waals surface area contributed by atoms with Gasteiger partial charge in [-0.05, 0) is 19.9 Å². The Labute approximate surface area is 61.7 Å². The van der Waals surface area contributed by atoms with Gasteiger partial charge in [0.2, 0.25) is 0 Å². The lowest BCUT2D eigenvalue weighted by Crippen LogP contribution is -2.39. The second kappa shape index (κ2) is 2.06. The SMILES string of the molecule is CN1CC2CCC(C1)C2=N. The number of fused-ring (bicyclic) bond motifs is 2. The van der Waals surface area contributed by atoms with E-state index in [9.17, 15) is 0 Å². The molecule has 2 aliphatic rings. The summed E-state index contributed by atoms with van der Waals surface area (Å²) in [5, 5.41) is 7.73. The van der Waals surface area contributed by atoms with Gasteiger partial charge in [0.05, 0.1) is 0 Å². The van der Waals surface area contributed by atoms with E-state index < -0.39 is 0 Å². The molecule has 2 rings (SSSR count). The van der Waals surface area contributed by atoms with Gasteiger partial charge in [-0.2, -0.15) is 0 Å². The third kappa shape index (κ3) is 0.788. The smallest absolute Gasteiger partial charge is 0.0176 e. The molecule has 2 heteroatoms. The normalized spacial score (nSPS) is 40.7. The van der Waals surface area contributed by atoms with Gasteiger partial charge in [0.1, 0.15) is 0 Å². The van der Waals surface area contributed by atoms with Crippen molar-refractivity contribution in [2.24, 2.45) is 11.8 Å². The van der Waals surface area contributed by atoms with Crippen LogP contribution in [0.15, 0.2) is 0 Å². The van der Waals surface area contributed by atoms with E-state index >= 15 is 0 Å². The van der Waals surface area contributed by atoms with Gasteiger partial charge < -0.3 is 10.3 Å². The van der Waals surface area contributed by atoms with Crippen LogP contribution >= 0.6 is 0 Å². The largest absolute Gasteiger partial charge is 0.309 e. The third-order valence-electron chi connectivity index (χ3n) is 2.81. The fourth-order valence-electron chi connectivity index (χ4n) is 2.25. The zero-order valence-corrected chi connectivity index (χ0v) is 6.43. The summed E-state index contributed by atoms with van der Waals surface area (Å²) in [5.41, 5.74) is 1.04. The maximum atomic E-state index is 7.73. The summed E-state index contributed by atoms with van der Waals surface area (Å²) < 4.78 is 0. The number of nitrogens with zero attached hydrogens (tertiary/aromatic N) is 1. The predicted octanol–water partition coefficient (Wildman–Crippen LogP) is 0.978. The van der Waals surface area contributed by atoms with Crippen molar-refractivity contribution in [3.63, 3.8) is 0 Å². The Morgan fingerprint density at radius 1 is 1.30 bits per heavy atom. The Morgan fingerprint density at radius 3 is 2.30 bits per heavy atom. The molecule has 0 spiro atoms. The van der Waals surface area contributed by atoms with Crippen molar-refractivity contribution in [2.75, 3.05) is 20.1 Å². The molecule has 0 aromatic rings. The minimum Gasteiger partial charge on any atom is -0.309 e. The highest BCUT2D eigenvalue weighted by Crippen LogP contribution is 2.32. The van der Waals surface area contributed by atoms with Crippen LogP contribution in [0, 0.1) is 17.2 Å². The van der Waals surface area contributed by atoms with Crippen molar-refractivity contribution in [1.29, 1.82) is 5.41 Å². The second-order valence-corrected chi connectivity index (χ2v) is 3.65. The Kier molecular flexibility index (Phi) is 1.31. The minimum atomic E-state index is 0.615. The maximum Gasteiger partial charge on any atom is 0.0176 e. The molecule has 10 heavy (non-hydrogen) atoms. The number of piperidine rings is 1. The first-order valence-corrected chi connectivity index (χ1v) is 4.04. The van der Waals surface area contributed by atoms with E-state index in [2.05, 4.69) is 11.9 Å². The fraction of sp³-hybridized carbons (Fsp3) is 0.875. The molecule has 0 radical (unpaired) electrons. The summed E-state index contributed by atoms with van der Waals surface area (Å²) in [4.78, 5) is 2.36. The van der Waals surface area contributed by atoms with E-state index in [-0.39, 0.29) is 0 Å². The Balaban J connectivity index is 2.16. The van der Waals surface area contributed by atoms with Crippen molar-refractivity contribution in [1.82, 2.24) is 4.90 Å². The van der Waals surface area contributed by atoms with Gasteiger partial charge in [0.15, 0.2) is 0 Å². The molecule has 2 nitrogen and oxygen atoms in total. The van der Waals surface area contributed by atoms with Gasteiger partial charge in [-0.15, -0.1) is 0 Å². The molecule has 1 heterocycles. The van der Waals surface area contributed by atoms with Crippen LogP contribution in [-0.4, -0.2) is 30.7 Å². The Morgan fingerprint density at radius 2 is 1.80 bits per heavy atom. The van der Waals surface area contributed by atoms with Gasteiger partial charge in [-0.1, -0.05) is 0 Å². The van der Waals surface area contributed by atoms with Gasteiger partial charge >= 0.3 is 0 Å². The molecular formula is C8H14N2. The summed E-state index contributed by atoms with van der Waals surface area (Å²) in [5.74, 6) is 1.23. The van der Waals surface area contributed by atoms with Gasteiger partial charge in [0.25, 0.3) is 0 Å². The summed E-state index contributed by atoms with van der Waals surface area (Å²) in [7, 11) is 2.16. The third-order valence-corrected chi connectivity index (χ3v) is 2.81. The number of likely N-dealkylation sites (tertiary alicyclic amines) is 1. The molecule has 0 aromatic carbocycles. The van der Waals surface area contributed by atoms with E-state index in [0.29, 0.717) is 11.8 Å². The second-order valence-electron chi connectivity index (χ2n) is 3.65. The van der Waals surface area contributed by atoms with E-state index in [1.165, 1.54) is 12.8 Å². The monoisotopic (exact) mass is 138 g/mol. The lowest BCUT2D eigenvalue weighted by atomic mass is 9.97. The van der Waals surface area contributed by atoms with Crippen LogP contribution in [0.1, 0.15) is 12.8 Å². The fourth-order valence-corrected chi connectivity index (χ4v) is 2.25. The van der Waals surface area contributed by atoms with Crippen molar-refractivity contribution < 1.29 is 0 Å². The highest BCUT2D eigenvalue weighted by atomic mass is 15.1. The Bertz CT molecular complexity index is 149. The minimum absolute atomic E-state index is 0.615. The molecule has 1 saturated carbocycles. The predicted molar refractivity (Wildman–Crippen MR) is 41.4 cm³/mol. The standard InChI is InChI=1S/C8H14N2/c1-10-4-6-2-3-7(5-10)8(6)9/h6-7,9H,2-5H2,1H3. The molecule has 2 unspecified atom stereocenters. The van der Waals surface area contributed by atoms with Crippen LogP contribution in [0.4, 0.5) is 0 Å².